The molecule has 0 saturated heterocycles. The summed E-state index contributed by atoms with van der Waals surface area (Å²) in [6, 6.07) is -0.819. The van der Waals surface area contributed by atoms with Crippen molar-refractivity contribution in [3.8, 4) is 0 Å². The Morgan fingerprint density at radius 2 is 2.00 bits per heavy atom. The van der Waals surface area contributed by atoms with Gasteiger partial charge in [-0.2, -0.15) is 13.2 Å². The van der Waals surface area contributed by atoms with E-state index in [1.165, 1.54) is 0 Å². The summed E-state index contributed by atoms with van der Waals surface area (Å²) in [4.78, 5) is 10.8. The summed E-state index contributed by atoms with van der Waals surface area (Å²) in [6.45, 7) is -1.31. The van der Waals surface area contributed by atoms with Crippen molar-refractivity contribution in [2.24, 2.45) is 5.73 Å². The molecule has 82 valence electrons. The number of urea groups is 1. The summed E-state index contributed by atoms with van der Waals surface area (Å²) in [5.74, 6) is 0. The fourth-order valence-electron chi connectivity index (χ4n) is 1.20. The van der Waals surface area contributed by atoms with Gasteiger partial charge in [0.1, 0.15) is 6.54 Å². The molecule has 0 atom stereocenters. The van der Waals surface area contributed by atoms with Gasteiger partial charge in [-0.3, -0.25) is 0 Å². The second kappa shape index (κ2) is 4.04. The van der Waals surface area contributed by atoms with E-state index in [4.69, 9.17) is 5.73 Å². The molecular formula is C7H12F3N3O. The molecule has 0 bridgehead atoms. The number of amides is 2. The monoisotopic (exact) mass is 211 g/mol. The van der Waals surface area contributed by atoms with E-state index in [0.29, 0.717) is 12.8 Å². The number of nitrogens with two attached hydrogens (primary N) is 1. The van der Waals surface area contributed by atoms with Gasteiger partial charge in [0.2, 0.25) is 0 Å². The van der Waals surface area contributed by atoms with Crippen LogP contribution >= 0.6 is 0 Å². The number of alkyl halides is 3. The van der Waals surface area contributed by atoms with Crippen molar-refractivity contribution < 1.29 is 18.0 Å². The average Bonchev–Trinajstić information content (AvgIpc) is 1.97. The zero-order valence-electron chi connectivity index (χ0n) is 7.40. The van der Waals surface area contributed by atoms with E-state index < -0.39 is 18.8 Å². The number of hydrogen-bond acceptors (Lipinski definition) is 2. The van der Waals surface area contributed by atoms with E-state index in [1.54, 1.807) is 5.32 Å². The molecule has 1 fully saturated rings. The number of nitrogens with one attached hydrogen (secondary N) is 2. The molecule has 2 amide bonds. The lowest BCUT2D eigenvalue weighted by molar-refractivity contribution is -0.122. The van der Waals surface area contributed by atoms with Crippen LogP contribution in [0.2, 0.25) is 0 Å². The van der Waals surface area contributed by atoms with Crippen molar-refractivity contribution in [1.82, 2.24) is 10.6 Å². The zero-order valence-corrected chi connectivity index (χ0v) is 7.40. The molecule has 0 aromatic heterocycles. The van der Waals surface area contributed by atoms with E-state index in [0.717, 1.165) is 0 Å². The minimum Gasteiger partial charge on any atom is -0.335 e. The van der Waals surface area contributed by atoms with E-state index in [-0.39, 0.29) is 12.1 Å². The highest BCUT2D eigenvalue weighted by Crippen LogP contribution is 2.17. The second-order valence-electron chi connectivity index (χ2n) is 3.37. The van der Waals surface area contributed by atoms with Crippen molar-refractivity contribution in [2.45, 2.75) is 31.1 Å². The van der Waals surface area contributed by atoms with Crippen molar-refractivity contribution in [1.29, 1.82) is 0 Å². The van der Waals surface area contributed by atoms with E-state index >= 15 is 0 Å². The third-order valence-corrected chi connectivity index (χ3v) is 1.96. The van der Waals surface area contributed by atoms with Crippen LogP contribution in [0.1, 0.15) is 12.8 Å². The molecule has 1 saturated carbocycles. The Bertz CT molecular complexity index is 213. The Morgan fingerprint density at radius 3 is 2.43 bits per heavy atom. The normalized spacial score (nSPS) is 26.6. The fraction of sp³-hybridized carbons (Fsp3) is 0.857. The molecule has 0 radical (unpaired) electrons. The molecule has 0 heterocycles. The lowest BCUT2D eigenvalue weighted by atomic mass is 9.88. The molecule has 0 aliphatic heterocycles. The third kappa shape index (κ3) is 3.82. The second-order valence-corrected chi connectivity index (χ2v) is 3.37. The molecule has 1 aliphatic carbocycles. The van der Waals surface area contributed by atoms with Gasteiger partial charge in [0.25, 0.3) is 0 Å². The van der Waals surface area contributed by atoms with E-state index in [9.17, 15) is 18.0 Å². The van der Waals surface area contributed by atoms with Crippen LogP contribution < -0.4 is 16.4 Å². The molecule has 7 heteroatoms. The lowest BCUT2D eigenvalue weighted by Crippen LogP contribution is -2.53. The quantitative estimate of drug-likeness (QED) is 0.616. The highest BCUT2D eigenvalue weighted by molar-refractivity contribution is 5.74. The Kier molecular flexibility index (Phi) is 3.20. The average molecular weight is 211 g/mol. The third-order valence-electron chi connectivity index (χ3n) is 1.96. The highest BCUT2D eigenvalue weighted by Gasteiger charge is 2.30. The van der Waals surface area contributed by atoms with Crippen LogP contribution in [0.25, 0.3) is 0 Å². The maximum Gasteiger partial charge on any atom is 0.405 e. The topological polar surface area (TPSA) is 67.1 Å². The van der Waals surface area contributed by atoms with Gasteiger partial charge in [-0.25, -0.2) is 4.79 Å². The summed E-state index contributed by atoms with van der Waals surface area (Å²) in [5, 5.41) is 4.11. The van der Waals surface area contributed by atoms with Crippen LogP contribution in [0.15, 0.2) is 0 Å². The standard InChI is InChI=1S/C7H12F3N3O/c8-7(9,10)3-12-6(14)13-5-1-4(11)2-5/h4-5H,1-3,11H2,(H2,12,13,14). The predicted molar refractivity (Wildman–Crippen MR) is 43.6 cm³/mol. The van der Waals surface area contributed by atoms with Crippen LogP contribution in [-0.2, 0) is 0 Å². The van der Waals surface area contributed by atoms with E-state index in [1.807, 2.05) is 0 Å². The molecule has 4 N–H and O–H groups in total. The van der Waals surface area contributed by atoms with E-state index in [2.05, 4.69) is 5.32 Å². The molecule has 0 spiro atoms. The Morgan fingerprint density at radius 1 is 1.43 bits per heavy atom. The van der Waals surface area contributed by atoms with Gasteiger partial charge < -0.3 is 16.4 Å². The molecule has 1 rings (SSSR count). The summed E-state index contributed by atoms with van der Waals surface area (Å²) < 4.78 is 34.9. The van der Waals surface area contributed by atoms with Crippen LogP contribution in [-0.4, -0.2) is 30.8 Å². The van der Waals surface area contributed by atoms with Crippen LogP contribution in [0.4, 0.5) is 18.0 Å². The first-order valence-corrected chi connectivity index (χ1v) is 4.23. The molecular weight excluding hydrogens is 199 g/mol. The van der Waals surface area contributed by atoms with Crippen LogP contribution in [0.5, 0.6) is 0 Å². The smallest absolute Gasteiger partial charge is 0.335 e. The van der Waals surface area contributed by atoms with Crippen molar-refractivity contribution in [3.63, 3.8) is 0 Å². The first-order valence-electron chi connectivity index (χ1n) is 4.23. The van der Waals surface area contributed by atoms with Gasteiger partial charge in [0.15, 0.2) is 0 Å². The number of rotatable bonds is 2. The molecule has 14 heavy (non-hydrogen) atoms. The minimum absolute atomic E-state index is 0.0583. The summed E-state index contributed by atoms with van der Waals surface area (Å²) >= 11 is 0. The Balaban J connectivity index is 2.11. The maximum atomic E-state index is 11.6. The number of carbonyl (C=O) groups excluding carboxylic acids is 1. The molecule has 1 aliphatic rings. The minimum atomic E-state index is -4.37. The predicted octanol–water partition coefficient (Wildman–Crippen LogP) is 0.338. The van der Waals surface area contributed by atoms with Crippen molar-refractivity contribution in [3.05, 3.63) is 0 Å². The van der Waals surface area contributed by atoms with Gasteiger partial charge in [0.05, 0.1) is 0 Å². The summed E-state index contributed by atoms with van der Waals surface area (Å²) in [7, 11) is 0. The molecule has 4 nitrogen and oxygen atoms in total. The lowest BCUT2D eigenvalue weighted by Gasteiger charge is -2.32. The molecule has 0 aromatic carbocycles. The fourth-order valence-corrected chi connectivity index (χ4v) is 1.20. The van der Waals surface area contributed by atoms with Gasteiger partial charge in [-0.1, -0.05) is 0 Å². The molecule has 0 unspecified atom stereocenters. The maximum absolute atomic E-state index is 11.6. The number of hydrogen-bond donors (Lipinski definition) is 3. The van der Waals surface area contributed by atoms with Crippen LogP contribution in [0.3, 0.4) is 0 Å². The first-order chi connectivity index (χ1) is 6.37. The van der Waals surface area contributed by atoms with Gasteiger partial charge in [-0.15, -0.1) is 0 Å². The summed E-state index contributed by atoms with van der Waals surface area (Å²) in [5.41, 5.74) is 5.44. The van der Waals surface area contributed by atoms with Gasteiger partial charge in [-0.05, 0) is 12.8 Å². The van der Waals surface area contributed by atoms with Gasteiger partial charge in [0, 0.05) is 12.1 Å². The Labute approximate surface area is 79.0 Å². The van der Waals surface area contributed by atoms with Gasteiger partial charge >= 0.3 is 12.2 Å². The molecule has 0 aromatic rings. The van der Waals surface area contributed by atoms with Crippen molar-refractivity contribution >= 4 is 6.03 Å². The summed E-state index contributed by atoms with van der Waals surface area (Å²) in [6.07, 6.45) is -3.12. The Hall–Kier alpha value is -0.980. The highest BCUT2D eigenvalue weighted by atomic mass is 19.4. The van der Waals surface area contributed by atoms with Crippen LogP contribution in [0, 0.1) is 0 Å². The first kappa shape index (κ1) is 11.1. The number of carbonyl (C=O) groups is 1. The SMILES string of the molecule is NC1CC(NC(=O)NCC(F)(F)F)C1. The largest absolute Gasteiger partial charge is 0.405 e. The van der Waals surface area contributed by atoms with Crippen molar-refractivity contribution in [2.75, 3.05) is 6.54 Å². The number of halogens is 3. The zero-order chi connectivity index (χ0) is 10.8.